The van der Waals surface area contributed by atoms with Crippen molar-refractivity contribution in [2.24, 2.45) is 0 Å². The van der Waals surface area contributed by atoms with Crippen LogP contribution in [0.4, 0.5) is 5.69 Å². The van der Waals surface area contributed by atoms with Gasteiger partial charge >= 0.3 is 0 Å². The summed E-state index contributed by atoms with van der Waals surface area (Å²) in [5.74, 6) is 9.41. The molecule has 0 N–H and O–H groups in total. The molecule has 0 saturated heterocycles. The van der Waals surface area contributed by atoms with E-state index < -0.39 is 9.39 Å². The van der Waals surface area contributed by atoms with Gasteiger partial charge < -0.3 is 4.31 Å². The van der Waals surface area contributed by atoms with Gasteiger partial charge in [-0.2, -0.15) is 0 Å². The maximum absolute atomic E-state index is 4.19. The Morgan fingerprint density at radius 1 is 1.38 bits per heavy atom. The Hall–Kier alpha value is -0.890. The Balaban J connectivity index is 2.63. The second-order valence-corrected chi connectivity index (χ2v) is 6.61. The maximum Gasteiger partial charge on any atom is 0.0497 e. The van der Waals surface area contributed by atoms with E-state index in [1.165, 1.54) is 16.8 Å². The zero-order chi connectivity index (χ0) is 9.64. The Bertz CT molecular complexity index is 443. The molecule has 1 heterocycles. The Labute approximate surface area is 80.6 Å². The largest absolute Gasteiger partial charge is 0.330 e. The predicted molar refractivity (Wildman–Crippen MR) is 65.1 cm³/mol. The molecule has 0 aromatic heterocycles. The average molecular weight is 193 g/mol. The first-order chi connectivity index (χ1) is 6.00. The van der Waals surface area contributed by atoms with Gasteiger partial charge in [0.05, 0.1) is 0 Å². The molecule has 0 radical (unpaired) electrons. The van der Waals surface area contributed by atoms with Crippen molar-refractivity contribution in [2.45, 2.75) is 12.7 Å². The highest BCUT2D eigenvalue weighted by Gasteiger charge is 2.20. The lowest BCUT2D eigenvalue weighted by atomic mass is 10.1. The van der Waals surface area contributed by atoms with Gasteiger partial charge in [-0.25, -0.2) is 0 Å². The summed E-state index contributed by atoms with van der Waals surface area (Å²) in [6.07, 6.45) is 0. The summed E-state index contributed by atoms with van der Waals surface area (Å²) in [4.78, 5) is 0. The molecule has 2 heteroatoms. The zero-order valence-corrected chi connectivity index (χ0v) is 9.03. The third-order valence-electron chi connectivity index (χ3n) is 2.58. The molecule has 1 aromatic rings. The Kier molecular flexibility index (Phi) is 1.70. The maximum atomic E-state index is 4.19. The summed E-state index contributed by atoms with van der Waals surface area (Å²) in [6.45, 7) is 2.13. The van der Waals surface area contributed by atoms with Crippen molar-refractivity contribution < 1.29 is 0 Å². The lowest BCUT2D eigenvalue weighted by Gasteiger charge is -2.20. The lowest BCUT2D eigenvalue weighted by Crippen LogP contribution is -2.06. The highest BCUT2D eigenvalue weighted by Crippen LogP contribution is 2.44. The fourth-order valence-corrected chi connectivity index (χ4v) is 3.33. The highest BCUT2D eigenvalue weighted by molar-refractivity contribution is 8.28. The van der Waals surface area contributed by atoms with E-state index in [2.05, 4.69) is 48.2 Å². The Morgan fingerprint density at radius 2 is 2.08 bits per heavy atom. The van der Waals surface area contributed by atoms with Gasteiger partial charge in [0, 0.05) is 18.5 Å². The standard InChI is InChI=1S/C11H15NS/c1-9-5-6-11-10(7-9)8-13(3,4)12(11)2/h5-7H,3-4,8H2,1-2H3. The van der Waals surface area contributed by atoms with Crippen molar-refractivity contribution in [3.8, 4) is 0 Å². The number of hydrogen-bond donors (Lipinski definition) is 0. The van der Waals surface area contributed by atoms with E-state index in [4.69, 9.17) is 0 Å². The molecule has 0 aliphatic carbocycles. The van der Waals surface area contributed by atoms with Crippen LogP contribution in [-0.4, -0.2) is 18.8 Å². The van der Waals surface area contributed by atoms with Gasteiger partial charge in [-0.15, -0.1) is 9.39 Å². The average Bonchev–Trinajstić information content (AvgIpc) is 2.22. The van der Waals surface area contributed by atoms with Gasteiger partial charge in [-0.3, -0.25) is 0 Å². The van der Waals surface area contributed by atoms with Crippen LogP contribution in [0.1, 0.15) is 11.1 Å². The summed E-state index contributed by atoms with van der Waals surface area (Å²) in [5.41, 5.74) is 4.04. The SMILES string of the molecule is C=S1(=C)Cc2cc(C)ccc2N1C. The first kappa shape index (κ1) is 8.70. The van der Waals surface area contributed by atoms with E-state index in [1.807, 2.05) is 0 Å². The fourth-order valence-electron chi connectivity index (χ4n) is 1.73. The summed E-state index contributed by atoms with van der Waals surface area (Å²) >= 11 is 0. The molecule has 0 amide bonds. The molecule has 0 bridgehead atoms. The van der Waals surface area contributed by atoms with Gasteiger partial charge in [0.15, 0.2) is 0 Å². The molecular weight excluding hydrogens is 178 g/mol. The number of rotatable bonds is 0. The molecule has 0 saturated carbocycles. The van der Waals surface area contributed by atoms with Gasteiger partial charge in [0.1, 0.15) is 0 Å². The van der Waals surface area contributed by atoms with Gasteiger partial charge in [-0.1, -0.05) is 29.4 Å². The zero-order valence-electron chi connectivity index (χ0n) is 8.21. The quantitative estimate of drug-likeness (QED) is 0.572. The topological polar surface area (TPSA) is 3.24 Å². The molecule has 0 atom stereocenters. The van der Waals surface area contributed by atoms with Crippen molar-refractivity contribution >= 4 is 26.8 Å². The van der Waals surface area contributed by atoms with Crippen molar-refractivity contribution in [2.75, 3.05) is 11.4 Å². The van der Waals surface area contributed by atoms with Crippen LogP contribution in [0.15, 0.2) is 18.2 Å². The number of fused-ring (bicyclic) bond motifs is 1. The van der Waals surface area contributed by atoms with Gasteiger partial charge in [-0.05, 0) is 18.6 Å². The first-order valence-electron chi connectivity index (χ1n) is 4.31. The van der Waals surface area contributed by atoms with E-state index in [0.29, 0.717) is 0 Å². The third-order valence-corrected chi connectivity index (χ3v) is 4.79. The van der Waals surface area contributed by atoms with Gasteiger partial charge in [0.2, 0.25) is 0 Å². The highest BCUT2D eigenvalue weighted by atomic mass is 32.2. The molecule has 1 aromatic carbocycles. The molecule has 1 aliphatic heterocycles. The summed E-state index contributed by atoms with van der Waals surface area (Å²) in [7, 11) is 1.03. The molecule has 13 heavy (non-hydrogen) atoms. The number of anilines is 1. The lowest BCUT2D eigenvalue weighted by molar-refractivity contribution is 1.33. The van der Waals surface area contributed by atoms with Crippen LogP contribution in [0.3, 0.4) is 0 Å². The van der Waals surface area contributed by atoms with Crippen molar-refractivity contribution in [3.05, 3.63) is 29.3 Å². The minimum Gasteiger partial charge on any atom is -0.330 e. The fraction of sp³-hybridized carbons (Fsp3) is 0.273. The van der Waals surface area contributed by atoms with Crippen LogP contribution in [0.5, 0.6) is 0 Å². The number of benzene rings is 1. The van der Waals surface area contributed by atoms with Gasteiger partial charge in [0.25, 0.3) is 0 Å². The molecule has 70 valence electrons. The summed E-state index contributed by atoms with van der Waals surface area (Å²) in [6, 6.07) is 6.57. The Morgan fingerprint density at radius 3 is 2.77 bits per heavy atom. The molecule has 2 rings (SSSR count). The van der Waals surface area contributed by atoms with Crippen LogP contribution >= 0.6 is 9.39 Å². The number of hydrogen-bond acceptors (Lipinski definition) is 1. The monoisotopic (exact) mass is 193 g/mol. The van der Waals surface area contributed by atoms with E-state index in [-0.39, 0.29) is 0 Å². The summed E-state index contributed by atoms with van der Waals surface area (Å²) in [5, 5.41) is 0. The third kappa shape index (κ3) is 1.25. The van der Waals surface area contributed by atoms with Crippen molar-refractivity contribution in [3.63, 3.8) is 0 Å². The van der Waals surface area contributed by atoms with Crippen LogP contribution in [-0.2, 0) is 5.75 Å². The summed E-state index contributed by atoms with van der Waals surface area (Å²) < 4.78 is 2.24. The van der Waals surface area contributed by atoms with Crippen molar-refractivity contribution in [1.82, 2.24) is 0 Å². The minimum absolute atomic E-state index is 1.03. The molecular formula is C11H15NS. The smallest absolute Gasteiger partial charge is 0.0497 e. The first-order valence-corrected chi connectivity index (χ1v) is 6.41. The molecule has 0 spiro atoms. The molecule has 0 fully saturated rings. The van der Waals surface area contributed by atoms with Crippen LogP contribution < -0.4 is 4.31 Å². The predicted octanol–water partition coefficient (Wildman–Crippen LogP) is 2.53. The number of nitrogens with zero attached hydrogens (tertiary/aromatic N) is 1. The van der Waals surface area contributed by atoms with E-state index in [9.17, 15) is 0 Å². The molecule has 1 aliphatic rings. The number of aryl methyl sites for hydroxylation is 1. The van der Waals surface area contributed by atoms with E-state index in [0.717, 1.165) is 5.75 Å². The van der Waals surface area contributed by atoms with Crippen LogP contribution in [0.2, 0.25) is 0 Å². The van der Waals surface area contributed by atoms with Crippen LogP contribution in [0.25, 0.3) is 0 Å². The second kappa shape index (κ2) is 2.55. The van der Waals surface area contributed by atoms with E-state index >= 15 is 0 Å². The second-order valence-electron chi connectivity index (χ2n) is 3.77. The van der Waals surface area contributed by atoms with E-state index in [1.54, 1.807) is 0 Å². The normalized spacial score (nSPS) is 18.8. The van der Waals surface area contributed by atoms with Crippen molar-refractivity contribution in [1.29, 1.82) is 0 Å². The molecule has 0 unspecified atom stereocenters. The van der Waals surface area contributed by atoms with Crippen LogP contribution in [0, 0.1) is 6.92 Å². The molecule has 1 nitrogen and oxygen atoms in total. The minimum atomic E-state index is -1.07.